The average molecular weight is 217 g/mol. The molecular formula is C11H11N3O2. The summed E-state index contributed by atoms with van der Waals surface area (Å²) in [6.45, 7) is 1.86. The molecule has 0 aromatic rings. The summed E-state index contributed by atoms with van der Waals surface area (Å²) in [5.41, 5.74) is 2.16. The molecule has 0 aromatic carbocycles. The van der Waals surface area contributed by atoms with Crippen molar-refractivity contribution in [2.45, 2.75) is 19.5 Å². The van der Waals surface area contributed by atoms with Gasteiger partial charge < -0.3 is 15.3 Å². The molecule has 0 bridgehead atoms. The molecule has 0 spiro atoms. The average Bonchev–Trinajstić information content (AvgIpc) is 2.56. The van der Waals surface area contributed by atoms with Gasteiger partial charge in [-0.25, -0.2) is 0 Å². The number of carboxylic acids is 1. The lowest BCUT2D eigenvalue weighted by molar-refractivity contribution is -0.136. The molecule has 1 atom stereocenters. The van der Waals surface area contributed by atoms with Crippen LogP contribution in [-0.4, -0.2) is 22.1 Å². The van der Waals surface area contributed by atoms with Gasteiger partial charge in [0.1, 0.15) is 12.2 Å². The molecule has 2 N–H and O–H groups in total. The second kappa shape index (κ2) is 3.74. The van der Waals surface area contributed by atoms with Gasteiger partial charge in [-0.2, -0.15) is 5.26 Å². The molecule has 2 heterocycles. The van der Waals surface area contributed by atoms with Crippen molar-refractivity contribution in [2.75, 3.05) is 0 Å². The highest BCUT2D eigenvalue weighted by Crippen LogP contribution is 2.24. The molecular weight excluding hydrogens is 206 g/mol. The highest BCUT2D eigenvalue weighted by atomic mass is 16.4. The van der Waals surface area contributed by atoms with Gasteiger partial charge in [0.15, 0.2) is 0 Å². The maximum Gasteiger partial charge on any atom is 0.309 e. The number of hydrogen-bond donors (Lipinski definition) is 2. The van der Waals surface area contributed by atoms with Crippen LogP contribution in [0, 0.1) is 11.3 Å². The first kappa shape index (κ1) is 10.3. The van der Waals surface area contributed by atoms with E-state index >= 15 is 0 Å². The van der Waals surface area contributed by atoms with E-state index in [1.165, 1.54) is 0 Å². The van der Waals surface area contributed by atoms with E-state index in [1.807, 2.05) is 17.9 Å². The van der Waals surface area contributed by atoms with E-state index < -0.39 is 5.97 Å². The standard InChI is InChI=1S/C11H11N3O2/c1-7-2-10-13-9(3-11(15)16)6-14(10)5-8(7)4-12/h2,5-6,10,13H,3H2,1H3,(H,15,16). The third-order valence-corrected chi connectivity index (χ3v) is 2.53. The summed E-state index contributed by atoms with van der Waals surface area (Å²) in [5, 5.41) is 20.6. The SMILES string of the molecule is CC1=CC2NC(CC(=O)O)=CN2C=C1C#N. The molecule has 16 heavy (non-hydrogen) atoms. The zero-order chi connectivity index (χ0) is 11.7. The Balaban J connectivity index is 2.20. The van der Waals surface area contributed by atoms with Crippen LogP contribution >= 0.6 is 0 Å². The van der Waals surface area contributed by atoms with Crippen molar-refractivity contribution in [1.82, 2.24) is 10.2 Å². The number of fused-ring (bicyclic) bond motifs is 1. The minimum Gasteiger partial charge on any atom is -0.481 e. The summed E-state index contributed by atoms with van der Waals surface area (Å²) < 4.78 is 0. The van der Waals surface area contributed by atoms with Gasteiger partial charge in [0.25, 0.3) is 0 Å². The third kappa shape index (κ3) is 1.77. The lowest BCUT2D eigenvalue weighted by atomic mass is 10.1. The Bertz CT molecular complexity index is 468. The summed E-state index contributed by atoms with van der Waals surface area (Å²) in [7, 11) is 0. The van der Waals surface area contributed by atoms with E-state index in [4.69, 9.17) is 10.4 Å². The van der Waals surface area contributed by atoms with Gasteiger partial charge >= 0.3 is 5.97 Å². The molecule has 0 amide bonds. The maximum absolute atomic E-state index is 10.6. The van der Waals surface area contributed by atoms with E-state index in [0.29, 0.717) is 11.3 Å². The first-order chi connectivity index (χ1) is 7.60. The van der Waals surface area contributed by atoms with Gasteiger partial charge in [-0.05, 0) is 18.6 Å². The highest BCUT2D eigenvalue weighted by molar-refractivity contribution is 5.70. The Kier molecular flexibility index (Phi) is 2.41. The van der Waals surface area contributed by atoms with Gasteiger partial charge in [0, 0.05) is 18.1 Å². The fourth-order valence-corrected chi connectivity index (χ4v) is 1.76. The lowest BCUT2D eigenvalue weighted by Crippen LogP contribution is -2.33. The fraction of sp³-hybridized carbons (Fsp3) is 0.273. The Labute approximate surface area is 93.0 Å². The van der Waals surface area contributed by atoms with Gasteiger partial charge in [0.05, 0.1) is 12.0 Å². The van der Waals surface area contributed by atoms with Crippen molar-refractivity contribution in [2.24, 2.45) is 0 Å². The van der Waals surface area contributed by atoms with Crippen LogP contribution in [0.25, 0.3) is 0 Å². The summed E-state index contributed by atoms with van der Waals surface area (Å²) in [6.07, 6.45) is 5.26. The Morgan fingerprint density at radius 3 is 3.06 bits per heavy atom. The molecule has 0 fully saturated rings. The molecule has 2 rings (SSSR count). The number of allylic oxidation sites excluding steroid dienone is 2. The molecule has 0 aromatic heterocycles. The van der Waals surface area contributed by atoms with E-state index in [9.17, 15) is 4.79 Å². The zero-order valence-corrected chi connectivity index (χ0v) is 8.77. The molecule has 2 aliphatic heterocycles. The number of nitriles is 1. The fourth-order valence-electron chi connectivity index (χ4n) is 1.76. The quantitative estimate of drug-likeness (QED) is 0.718. The second-order valence-corrected chi connectivity index (χ2v) is 3.77. The molecule has 5 heteroatoms. The summed E-state index contributed by atoms with van der Waals surface area (Å²) >= 11 is 0. The lowest BCUT2D eigenvalue weighted by Gasteiger charge is -2.24. The highest BCUT2D eigenvalue weighted by Gasteiger charge is 2.25. The molecule has 0 saturated heterocycles. The number of hydrogen-bond acceptors (Lipinski definition) is 4. The number of nitrogens with one attached hydrogen (secondary N) is 1. The smallest absolute Gasteiger partial charge is 0.309 e. The molecule has 5 nitrogen and oxygen atoms in total. The minimum atomic E-state index is -0.871. The minimum absolute atomic E-state index is 0.0321. The Hall–Kier alpha value is -2.22. The third-order valence-electron chi connectivity index (χ3n) is 2.53. The van der Waals surface area contributed by atoms with Crippen LogP contribution in [0.5, 0.6) is 0 Å². The maximum atomic E-state index is 10.6. The molecule has 82 valence electrons. The van der Waals surface area contributed by atoms with Crippen molar-refractivity contribution < 1.29 is 9.90 Å². The van der Waals surface area contributed by atoms with Crippen molar-refractivity contribution >= 4 is 5.97 Å². The Morgan fingerprint density at radius 2 is 2.44 bits per heavy atom. The van der Waals surface area contributed by atoms with Crippen LogP contribution in [0.15, 0.2) is 35.3 Å². The van der Waals surface area contributed by atoms with E-state index in [-0.39, 0.29) is 12.6 Å². The van der Waals surface area contributed by atoms with Crippen LogP contribution in [0.2, 0.25) is 0 Å². The largest absolute Gasteiger partial charge is 0.481 e. The van der Waals surface area contributed by atoms with E-state index in [2.05, 4.69) is 11.4 Å². The normalized spacial score (nSPS) is 22.4. The Morgan fingerprint density at radius 1 is 1.69 bits per heavy atom. The van der Waals surface area contributed by atoms with Crippen LogP contribution < -0.4 is 5.32 Å². The summed E-state index contributed by atoms with van der Waals surface area (Å²) in [6, 6.07) is 2.10. The van der Waals surface area contributed by atoms with Gasteiger partial charge in [0.2, 0.25) is 0 Å². The van der Waals surface area contributed by atoms with E-state index in [0.717, 1.165) is 5.57 Å². The van der Waals surface area contributed by atoms with Crippen LogP contribution in [-0.2, 0) is 4.79 Å². The summed E-state index contributed by atoms with van der Waals surface area (Å²) in [5.74, 6) is -0.871. The second-order valence-electron chi connectivity index (χ2n) is 3.77. The van der Waals surface area contributed by atoms with Crippen molar-refractivity contribution in [1.29, 1.82) is 5.26 Å². The van der Waals surface area contributed by atoms with Crippen LogP contribution in [0.3, 0.4) is 0 Å². The number of carbonyl (C=O) groups is 1. The first-order valence-electron chi connectivity index (χ1n) is 4.87. The van der Waals surface area contributed by atoms with Crippen molar-refractivity contribution in [3.63, 3.8) is 0 Å². The molecule has 0 radical (unpaired) electrons. The predicted molar refractivity (Wildman–Crippen MR) is 56.6 cm³/mol. The van der Waals surface area contributed by atoms with Gasteiger partial charge in [-0.3, -0.25) is 4.79 Å². The number of carboxylic acid groups (broad SMARTS) is 1. The van der Waals surface area contributed by atoms with Gasteiger partial charge in [-0.1, -0.05) is 0 Å². The predicted octanol–water partition coefficient (Wildman–Crippen LogP) is 0.901. The van der Waals surface area contributed by atoms with Crippen molar-refractivity contribution in [3.05, 3.63) is 35.3 Å². The van der Waals surface area contributed by atoms with Crippen LogP contribution in [0.1, 0.15) is 13.3 Å². The molecule has 1 unspecified atom stereocenters. The number of nitrogens with zero attached hydrogens (tertiary/aromatic N) is 2. The van der Waals surface area contributed by atoms with Crippen molar-refractivity contribution in [3.8, 4) is 6.07 Å². The molecule has 2 aliphatic rings. The zero-order valence-electron chi connectivity index (χ0n) is 8.77. The molecule has 0 saturated carbocycles. The first-order valence-corrected chi connectivity index (χ1v) is 4.87. The summed E-state index contributed by atoms with van der Waals surface area (Å²) in [4.78, 5) is 12.4. The van der Waals surface area contributed by atoms with Gasteiger partial charge in [-0.15, -0.1) is 0 Å². The number of rotatable bonds is 2. The molecule has 0 aliphatic carbocycles. The topological polar surface area (TPSA) is 76.4 Å². The van der Waals surface area contributed by atoms with Crippen LogP contribution in [0.4, 0.5) is 0 Å². The van der Waals surface area contributed by atoms with E-state index in [1.54, 1.807) is 12.4 Å². The number of aliphatic carboxylic acids is 1. The monoisotopic (exact) mass is 217 g/mol.